The Kier molecular flexibility index (Phi) is 5.05. The Bertz CT molecular complexity index is 792. The monoisotopic (exact) mass is 395 g/mol. The minimum Gasteiger partial charge on any atom is -0.391 e. The highest BCUT2D eigenvalue weighted by molar-refractivity contribution is 9.10. The van der Waals surface area contributed by atoms with Gasteiger partial charge in [-0.05, 0) is 30.3 Å². The first kappa shape index (κ1) is 16.8. The number of anilines is 1. The van der Waals surface area contributed by atoms with Crippen LogP contribution in [0.25, 0.3) is 0 Å². The van der Waals surface area contributed by atoms with Crippen molar-refractivity contribution in [3.05, 3.63) is 57.0 Å². The van der Waals surface area contributed by atoms with Crippen LogP contribution in [0.15, 0.2) is 45.8 Å². The second kappa shape index (κ2) is 7.22. The van der Waals surface area contributed by atoms with E-state index in [1.165, 1.54) is 16.8 Å². The highest BCUT2D eigenvalue weighted by Gasteiger charge is 2.27. The average Bonchev–Trinajstić information content (AvgIpc) is 3.04. The molecule has 1 aliphatic rings. The molecule has 3 rings (SSSR count). The van der Waals surface area contributed by atoms with Crippen molar-refractivity contribution in [1.29, 1.82) is 0 Å². The van der Waals surface area contributed by atoms with E-state index in [1.807, 2.05) is 0 Å². The lowest BCUT2D eigenvalue weighted by Crippen LogP contribution is -2.29. The molecule has 2 N–H and O–H groups in total. The van der Waals surface area contributed by atoms with Gasteiger partial charge in [0.15, 0.2) is 12.5 Å². The molecule has 2 aromatic rings. The molecule has 8 nitrogen and oxygen atoms in total. The van der Waals surface area contributed by atoms with Crippen LogP contribution in [0.4, 0.5) is 5.82 Å². The molecule has 0 unspecified atom stereocenters. The quantitative estimate of drug-likeness (QED) is 0.803. The third kappa shape index (κ3) is 3.70. The van der Waals surface area contributed by atoms with Crippen LogP contribution in [0.1, 0.15) is 16.6 Å². The minimum atomic E-state index is -0.751. The molecular formula is C15H14BrN3O5. The Hall–Kier alpha value is -2.07. The molecule has 0 saturated carbocycles. The van der Waals surface area contributed by atoms with Gasteiger partial charge in [0.05, 0.1) is 13.2 Å². The van der Waals surface area contributed by atoms with Gasteiger partial charge in [-0.25, -0.2) is 4.79 Å². The lowest BCUT2D eigenvalue weighted by molar-refractivity contribution is -0.0992. The van der Waals surface area contributed by atoms with Crippen LogP contribution in [0, 0.1) is 0 Å². The molecule has 2 atom stereocenters. The van der Waals surface area contributed by atoms with E-state index in [-0.39, 0.29) is 24.9 Å². The van der Waals surface area contributed by atoms with Gasteiger partial charge in [0.25, 0.3) is 5.91 Å². The van der Waals surface area contributed by atoms with E-state index in [1.54, 1.807) is 24.3 Å². The average molecular weight is 396 g/mol. The smallest absolute Gasteiger partial charge is 0.351 e. The third-order valence-corrected chi connectivity index (χ3v) is 3.90. The zero-order valence-electron chi connectivity index (χ0n) is 12.4. The Labute approximate surface area is 145 Å². The molecule has 1 amide bonds. The van der Waals surface area contributed by atoms with Crippen molar-refractivity contribution >= 4 is 27.7 Å². The van der Waals surface area contributed by atoms with Crippen molar-refractivity contribution < 1.29 is 19.4 Å². The summed E-state index contributed by atoms with van der Waals surface area (Å²) < 4.78 is 12.6. The van der Waals surface area contributed by atoms with Crippen molar-refractivity contribution in [3.63, 3.8) is 0 Å². The van der Waals surface area contributed by atoms with Crippen LogP contribution in [0.3, 0.4) is 0 Å². The third-order valence-electron chi connectivity index (χ3n) is 3.37. The number of hydrogen-bond acceptors (Lipinski definition) is 6. The minimum absolute atomic E-state index is 0.136. The molecule has 0 bridgehead atoms. The van der Waals surface area contributed by atoms with Gasteiger partial charge in [0, 0.05) is 16.2 Å². The number of aromatic nitrogens is 2. The lowest BCUT2D eigenvalue weighted by Gasteiger charge is -2.12. The molecular weight excluding hydrogens is 382 g/mol. The number of nitrogens with one attached hydrogen (secondary N) is 1. The summed E-state index contributed by atoms with van der Waals surface area (Å²) in [6.07, 6.45) is 0.0531. The predicted molar refractivity (Wildman–Crippen MR) is 87.5 cm³/mol. The molecule has 1 fully saturated rings. The van der Waals surface area contributed by atoms with Gasteiger partial charge >= 0.3 is 5.69 Å². The molecule has 0 radical (unpaired) electrons. The Balaban J connectivity index is 1.72. The zero-order valence-corrected chi connectivity index (χ0v) is 14.0. The summed E-state index contributed by atoms with van der Waals surface area (Å²) in [6, 6.07) is 8.29. The molecule has 0 aliphatic carbocycles. The fourth-order valence-corrected chi connectivity index (χ4v) is 2.44. The molecule has 126 valence electrons. The summed E-state index contributed by atoms with van der Waals surface area (Å²) >= 11 is 3.29. The van der Waals surface area contributed by atoms with Gasteiger partial charge in [-0.1, -0.05) is 15.9 Å². The number of aliphatic hydroxyl groups is 1. The Morgan fingerprint density at radius 2 is 2.12 bits per heavy atom. The second-order valence-corrected chi connectivity index (χ2v) is 5.92. The first-order chi connectivity index (χ1) is 11.6. The van der Waals surface area contributed by atoms with E-state index < -0.39 is 18.2 Å². The van der Waals surface area contributed by atoms with Crippen molar-refractivity contribution in [2.24, 2.45) is 0 Å². The van der Waals surface area contributed by atoms with Crippen LogP contribution < -0.4 is 11.0 Å². The van der Waals surface area contributed by atoms with Gasteiger partial charge in [-0.2, -0.15) is 4.98 Å². The number of rotatable bonds is 4. The summed E-state index contributed by atoms with van der Waals surface area (Å²) in [7, 11) is 0. The molecule has 2 heterocycles. The topological polar surface area (TPSA) is 103 Å². The van der Waals surface area contributed by atoms with Crippen molar-refractivity contribution in [2.75, 3.05) is 18.5 Å². The Morgan fingerprint density at radius 1 is 1.38 bits per heavy atom. The number of carbonyl (C=O) groups is 1. The first-order valence-electron chi connectivity index (χ1n) is 7.11. The largest absolute Gasteiger partial charge is 0.391 e. The number of nitrogens with zero attached hydrogens (tertiary/aromatic N) is 2. The molecule has 24 heavy (non-hydrogen) atoms. The van der Waals surface area contributed by atoms with E-state index in [4.69, 9.17) is 14.6 Å². The predicted octanol–water partition coefficient (Wildman–Crippen LogP) is 1.12. The number of aliphatic hydroxyl groups excluding tert-OH is 1. The fourth-order valence-electron chi connectivity index (χ4n) is 2.18. The van der Waals surface area contributed by atoms with Gasteiger partial charge < -0.3 is 19.9 Å². The molecule has 1 saturated heterocycles. The van der Waals surface area contributed by atoms with E-state index in [9.17, 15) is 9.59 Å². The van der Waals surface area contributed by atoms with E-state index in [2.05, 4.69) is 26.2 Å². The Morgan fingerprint density at radius 3 is 2.75 bits per heavy atom. The molecule has 1 aromatic heterocycles. The lowest BCUT2D eigenvalue weighted by atomic mass is 10.2. The normalized spacial score (nSPS) is 20.1. The van der Waals surface area contributed by atoms with E-state index in [0.717, 1.165) is 4.47 Å². The van der Waals surface area contributed by atoms with Crippen LogP contribution >= 0.6 is 15.9 Å². The molecule has 0 spiro atoms. The second-order valence-electron chi connectivity index (χ2n) is 5.00. The number of amides is 1. The first-order valence-corrected chi connectivity index (χ1v) is 7.90. The van der Waals surface area contributed by atoms with Crippen molar-refractivity contribution in [3.8, 4) is 0 Å². The SMILES string of the molecule is O=C(Nc1ccn([C@@H]2CO[C@H](CO)O2)c(=O)n1)c1ccc(Br)cc1. The number of halogens is 1. The van der Waals surface area contributed by atoms with E-state index in [0.29, 0.717) is 5.56 Å². The highest BCUT2D eigenvalue weighted by Crippen LogP contribution is 2.19. The summed E-state index contributed by atoms with van der Waals surface area (Å²) in [6.45, 7) is -0.155. The highest BCUT2D eigenvalue weighted by atomic mass is 79.9. The standard InChI is InChI=1S/C15H14BrN3O5/c16-10-3-1-9(2-4-10)14(21)17-11-5-6-19(15(22)18-11)12-8-23-13(7-20)24-12/h1-6,12-13,20H,7-8H2,(H,17,18,21,22)/t12-,13-/m0/s1. The summed E-state index contributed by atoms with van der Waals surface area (Å²) in [5.74, 6) is -0.227. The van der Waals surface area contributed by atoms with Crippen LogP contribution in [0.2, 0.25) is 0 Å². The van der Waals surface area contributed by atoms with Gasteiger partial charge in [0.1, 0.15) is 5.82 Å². The number of carbonyl (C=O) groups excluding carboxylic acids is 1. The van der Waals surface area contributed by atoms with Gasteiger partial charge in [0.2, 0.25) is 0 Å². The number of hydrogen-bond donors (Lipinski definition) is 2. The van der Waals surface area contributed by atoms with Crippen LogP contribution in [-0.4, -0.2) is 40.1 Å². The van der Waals surface area contributed by atoms with Gasteiger partial charge in [-0.3, -0.25) is 9.36 Å². The summed E-state index contributed by atoms with van der Waals surface area (Å²) in [5, 5.41) is 11.5. The number of benzene rings is 1. The summed E-state index contributed by atoms with van der Waals surface area (Å²) in [5.41, 5.74) is -0.140. The maximum Gasteiger partial charge on any atom is 0.351 e. The summed E-state index contributed by atoms with van der Waals surface area (Å²) in [4.78, 5) is 28.0. The maximum absolute atomic E-state index is 12.1. The fraction of sp³-hybridized carbons (Fsp3) is 0.267. The maximum atomic E-state index is 12.1. The van der Waals surface area contributed by atoms with Crippen molar-refractivity contribution in [1.82, 2.24) is 9.55 Å². The van der Waals surface area contributed by atoms with Crippen molar-refractivity contribution in [2.45, 2.75) is 12.5 Å². The number of ether oxygens (including phenoxy) is 2. The van der Waals surface area contributed by atoms with E-state index >= 15 is 0 Å². The molecule has 9 heteroatoms. The molecule has 1 aliphatic heterocycles. The zero-order chi connectivity index (χ0) is 17.1. The molecule has 1 aromatic carbocycles. The van der Waals surface area contributed by atoms with Crippen LogP contribution in [-0.2, 0) is 9.47 Å². The van der Waals surface area contributed by atoms with Crippen LogP contribution in [0.5, 0.6) is 0 Å². The van der Waals surface area contributed by atoms with Gasteiger partial charge in [-0.15, -0.1) is 0 Å².